The molecule has 1 unspecified atom stereocenters. The predicted octanol–water partition coefficient (Wildman–Crippen LogP) is 3.24. The molecule has 106 valence electrons. The van der Waals surface area contributed by atoms with Crippen LogP contribution in [0, 0.1) is 0 Å². The van der Waals surface area contributed by atoms with Crippen molar-refractivity contribution in [2.75, 3.05) is 6.54 Å². The molecule has 0 aromatic heterocycles. The van der Waals surface area contributed by atoms with Crippen LogP contribution in [-0.4, -0.2) is 28.8 Å². The highest BCUT2D eigenvalue weighted by Crippen LogP contribution is 2.38. The Hall–Kier alpha value is -0.680. The Kier molecular flexibility index (Phi) is 6.20. The van der Waals surface area contributed by atoms with E-state index in [1.807, 2.05) is 6.92 Å². The van der Waals surface area contributed by atoms with Crippen LogP contribution < -0.4 is 5.32 Å². The van der Waals surface area contributed by atoms with E-state index in [1.165, 1.54) is 6.07 Å². The Balaban J connectivity index is 2.83. The number of carbonyl (C=O) groups excluding carboxylic acids is 1. The number of phenolic OH excluding ortho intramolecular Hbond substituents is 1. The second-order valence-electron chi connectivity index (χ2n) is 3.98. The summed E-state index contributed by atoms with van der Waals surface area (Å²) in [6.45, 7) is 2.10. The number of halogens is 3. The molecule has 4 nitrogen and oxygen atoms in total. The van der Waals surface area contributed by atoms with Gasteiger partial charge in [-0.1, -0.05) is 41.7 Å². The summed E-state index contributed by atoms with van der Waals surface area (Å²) in [5.74, 6) is -1.00. The van der Waals surface area contributed by atoms with E-state index in [4.69, 9.17) is 34.8 Å². The third kappa shape index (κ3) is 4.14. The lowest BCUT2D eigenvalue weighted by Gasteiger charge is -2.12. The molecule has 0 spiro atoms. The number of hydrogen-bond donors (Lipinski definition) is 3. The summed E-state index contributed by atoms with van der Waals surface area (Å²) in [7, 11) is 0. The summed E-state index contributed by atoms with van der Waals surface area (Å²) in [4.78, 5) is 11.9. The number of nitrogens with one attached hydrogen (secondary N) is 1. The molecule has 1 amide bonds. The van der Waals surface area contributed by atoms with Crippen molar-refractivity contribution in [3.05, 3.63) is 26.7 Å². The predicted molar refractivity (Wildman–Crippen MR) is 76.4 cm³/mol. The maximum Gasteiger partial charge on any atom is 0.256 e. The first-order valence-electron chi connectivity index (χ1n) is 5.71. The standard InChI is InChI=1S/C12H14Cl3NO3/c1-2-6(17)3-4-16-12(19)9-10(15)7(13)5-8(14)11(9)18/h5-6,17-18H,2-4H2,1H3,(H,16,19). The highest BCUT2D eigenvalue weighted by Gasteiger charge is 2.21. The quantitative estimate of drug-likeness (QED) is 0.728. The van der Waals surface area contributed by atoms with E-state index < -0.39 is 17.8 Å². The Morgan fingerprint density at radius 2 is 2.00 bits per heavy atom. The van der Waals surface area contributed by atoms with Crippen LogP contribution in [0.1, 0.15) is 30.1 Å². The molecule has 0 aliphatic rings. The topological polar surface area (TPSA) is 69.6 Å². The van der Waals surface area contributed by atoms with Gasteiger partial charge >= 0.3 is 0 Å². The van der Waals surface area contributed by atoms with Gasteiger partial charge in [0, 0.05) is 6.54 Å². The van der Waals surface area contributed by atoms with Crippen molar-refractivity contribution in [1.82, 2.24) is 5.32 Å². The number of carbonyl (C=O) groups is 1. The molecule has 0 saturated heterocycles. The first kappa shape index (κ1) is 16.4. The van der Waals surface area contributed by atoms with Gasteiger partial charge in [0.2, 0.25) is 0 Å². The fourth-order valence-corrected chi connectivity index (χ4v) is 2.13. The smallest absolute Gasteiger partial charge is 0.256 e. The molecule has 19 heavy (non-hydrogen) atoms. The molecule has 1 aromatic carbocycles. The second kappa shape index (κ2) is 7.20. The van der Waals surface area contributed by atoms with Crippen LogP contribution in [0.4, 0.5) is 0 Å². The van der Waals surface area contributed by atoms with Gasteiger partial charge in [-0.15, -0.1) is 0 Å². The van der Waals surface area contributed by atoms with E-state index >= 15 is 0 Å². The molecule has 3 N–H and O–H groups in total. The zero-order valence-corrected chi connectivity index (χ0v) is 12.5. The molecule has 0 bridgehead atoms. The lowest BCUT2D eigenvalue weighted by atomic mass is 10.1. The van der Waals surface area contributed by atoms with Crippen molar-refractivity contribution in [2.45, 2.75) is 25.9 Å². The third-order valence-electron chi connectivity index (χ3n) is 2.61. The molecule has 1 rings (SSSR count). The van der Waals surface area contributed by atoms with Crippen LogP contribution in [0.2, 0.25) is 15.1 Å². The maximum absolute atomic E-state index is 11.9. The number of benzene rings is 1. The summed E-state index contributed by atoms with van der Waals surface area (Å²) in [5.41, 5.74) is -0.162. The average molecular weight is 327 g/mol. The Bertz CT molecular complexity index is 454. The van der Waals surface area contributed by atoms with Gasteiger partial charge in [0.15, 0.2) is 0 Å². The van der Waals surface area contributed by atoms with Crippen molar-refractivity contribution in [2.24, 2.45) is 0 Å². The molecule has 0 fully saturated rings. The molecule has 1 aromatic rings. The van der Waals surface area contributed by atoms with Crippen molar-refractivity contribution in [1.29, 1.82) is 0 Å². The summed E-state index contributed by atoms with van der Waals surface area (Å²) in [6.07, 6.45) is 0.534. The van der Waals surface area contributed by atoms with Gasteiger partial charge in [-0.2, -0.15) is 0 Å². The van der Waals surface area contributed by atoms with Gasteiger partial charge in [0.05, 0.1) is 21.2 Å². The van der Waals surface area contributed by atoms with Gasteiger partial charge < -0.3 is 15.5 Å². The van der Waals surface area contributed by atoms with Crippen LogP contribution in [0.5, 0.6) is 5.75 Å². The zero-order chi connectivity index (χ0) is 14.6. The SMILES string of the molecule is CCC(O)CCNC(=O)c1c(O)c(Cl)cc(Cl)c1Cl. The zero-order valence-electron chi connectivity index (χ0n) is 10.2. The number of phenols is 1. The molecule has 1 atom stereocenters. The van der Waals surface area contributed by atoms with Gasteiger partial charge in [0.1, 0.15) is 11.3 Å². The molecule has 0 saturated carbocycles. The third-order valence-corrected chi connectivity index (χ3v) is 3.68. The van der Waals surface area contributed by atoms with Gasteiger partial charge in [0.25, 0.3) is 5.91 Å². The summed E-state index contributed by atoms with van der Waals surface area (Å²) in [6, 6.07) is 1.26. The summed E-state index contributed by atoms with van der Waals surface area (Å²) >= 11 is 17.4. The van der Waals surface area contributed by atoms with E-state index in [0.29, 0.717) is 12.8 Å². The van der Waals surface area contributed by atoms with Crippen molar-refractivity contribution >= 4 is 40.7 Å². The molecule has 0 radical (unpaired) electrons. The highest BCUT2D eigenvalue weighted by molar-refractivity contribution is 6.45. The molecule has 0 heterocycles. The van der Waals surface area contributed by atoms with Crippen LogP contribution in [0.3, 0.4) is 0 Å². The fourth-order valence-electron chi connectivity index (χ4n) is 1.44. The van der Waals surface area contributed by atoms with E-state index in [-0.39, 0.29) is 27.2 Å². The second-order valence-corrected chi connectivity index (χ2v) is 5.18. The normalized spacial score (nSPS) is 12.3. The van der Waals surface area contributed by atoms with Crippen LogP contribution in [-0.2, 0) is 0 Å². The molecular weight excluding hydrogens is 312 g/mol. The van der Waals surface area contributed by atoms with Crippen molar-refractivity contribution in [3.8, 4) is 5.75 Å². The summed E-state index contributed by atoms with van der Waals surface area (Å²) < 4.78 is 0. The average Bonchev–Trinajstić information content (AvgIpc) is 2.36. The van der Waals surface area contributed by atoms with Gasteiger partial charge in [-0.25, -0.2) is 0 Å². The number of aliphatic hydroxyl groups is 1. The Labute approximate surface area is 126 Å². The number of hydrogen-bond acceptors (Lipinski definition) is 3. The van der Waals surface area contributed by atoms with Gasteiger partial charge in [-0.3, -0.25) is 4.79 Å². The minimum absolute atomic E-state index is 0.0480. The van der Waals surface area contributed by atoms with Crippen molar-refractivity contribution < 1.29 is 15.0 Å². The number of aliphatic hydroxyl groups excluding tert-OH is 1. The van der Waals surface area contributed by atoms with Gasteiger partial charge in [-0.05, 0) is 18.9 Å². The lowest BCUT2D eigenvalue weighted by molar-refractivity contribution is 0.0939. The van der Waals surface area contributed by atoms with Crippen LogP contribution >= 0.6 is 34.8 Å². The van der Waals surface area contributed by atoms with Crippen LogP contribution in [0.25, 0.3) is 0 Å². The first-order valence-corrected chi connectivity index (χ1v) is 6.84. The molecular formula is C12H14Cl3NO3. The van der Waals surface area contributed by atoms with Crippen LogP contribution in [0.15, 0.2) is 6.07 Å². The highest BCUT2D eigenvalue weighted by atomic mass is 35.5. The summed E-state index contributed by atoms with van der Waals surface area (Å²) in [5, 5.41) is 21.6. The monoisotopic (exact) mass is 325 g/mol. The maximum atomic E-state index is 11.9. The molecule has 0 aliphatic heterocycles. The van der Waals surface area contributed by atoms with Crippen molar-refractivity contribution in [3.63, 3.8) is 0 Å². The van der Waals surface area contributed by atoms with E-state index in [9.17, 15) is 15.0 Å². The molecule has 0 aliphatic carbocycles. The minimum atomic E-state index is -0.588. The fraction of sp³-hybridized carbons (Fsp3) is 0.417. The van der Waals surface area contributed by atoms with E-state index in [2.05, 4.69) is 5.32 Å². The molecule has 7 heteroatoms. The van der Waals surface area contributed by atoms with E-state index in [0.717, 1.165) is 0 Å². The number of aromatic hydroxyl groups is 1. The number of rotatable bonds is 5. The Morgan fingerprint density at radius 1 is 1.37 bits per heavy atom. The largest absolute Gasteiger partial charge is 0.505 e. The first-order chi connectivity index (χ1) is 8.88. The number of amides is 1. The van der Waals surface area contributed by atoms with E-state index in [1.54, 1.807) is 0 Å². The lowest BCUT2D eigenvalue weighted by Crippen LogP contribution is -2.27. The minimum Gasteiger partial charge on any atom is -0.505 e. The Morgan fingerprint density at radius 3 is 2.58 bits per heavy atom.